The molecule has 152 valence electrons. The van der Waals surface area contributed by atoms with Crippen molar-refractivity contribution in [2.75, 3.05) is 6.54 Å². The number of carbonyl (C=O) groups excluding carboxylic acids is 1. The Morgan fingerprint density at radius 3 is 2.69 bits per heavy atom. The first-order chi connectivity index (χ1) is 13.9. The minimum atomic E-state index is -0.445. The van der Waals surface area contributed by atoms with Crippen molar-refractivity contribution < 1.29 is 9.72 Å². The smallest absolute Gasteiger partial charge is 0.336 e. The van der Waals surface area contributed by atoms with E-state index in [9.17, 15) is 14.9 Å². The summed E-state index contributed by atoms with van der Waals surface area (Å²) in [7, 11) is 0. The largest absolute Gasteiger partial charge is 0.338 e. The van der Waals surface area contributed by atoms with E-state index < -0.39 is 4.92 Å². The molecular formula is C21H23ClN4O3. The molecule has 0 saturated heterocycles. The third-order valence-electron chi connectivity index (χ3n) is 4.83. The molecule has 29 heavy (non-hydrogen) atoms. The Morgan fingerprint density at radius 2 is 2.03 bits per heavy atom. The SMILES string of the molecule is CCCCNC(=O)N1N=C(c2ccc([N+](=O)[O-])cc2)c2cc(Cl)ccc2CC1C. The quantitative estimate of drug-likeness (QED) is 0.434. The second-order valence-electron chi connectivity index (χ2n) is 7.04. The van der Waals surface area contributed by atoms with E-state index in [0.29, 0.717) is 29.3 Å². The molecule has 0 aliphatic carbocycles. The van der Waals surface area contributed by atoms with Gasteiger partial charge in [0.15, 0.2) is 0 Å². The Labute approximate surface area is 174 Å². The van der Waals surface area contributed by atoms with Crippen molar-refractivity contribution in [2.45, 2.75) is 39.2 Å². The number of urea groups is 1. The third kappa shape index (κ3) is 4.74. The number of fused-ring (bicyclic) bond motifs is 1. The van der Waals surface area contributed by atoms with Crippen LogP contribution in [0.2, 0.25) is 5.02 Å². The number of non-ortho nitro benzene ring substituents is 1. The number of nitrogens with zero attached hydrogens (tertiary/aromatic N) is 3. The Bertz CT molecular complexity index is 943. The lowest BCUT2D eigenvalue weighted by Crippen LogP contribution is -2.42. The van der Waals surface area contributed by atoms with Gasteiger partial charge in [-0.2, -0.15) is 5.10 Å². The van der Waals surface area contributed by atoms with Gasteiger partial charge in [-0.1, -0.05) is 31.0 Å². The van der Waals surface area contributed by atoms with E-state index in [-0.39, 0.29) is 17.8 Å². The number of amides is 2. The molecule has 0 aromatic heterocycles. The van der Waals surface area contributed by atoms with Gasteiger partial charge in [0.2, 0.25) is 0 Å². The number of rotatable bonds is 5. The van der Waals surface area contributed by atoms with Gasteiger partial charge < -0.3 is 5.32 Å². The highest BCUT2D eigenvalue weighted by Gasteiger charge is 2.27. The van der Waals surface area contributed by atoms with Crippen LogP contribution < -0.4 is 5.32 Å². The molecule has 3 rings (SSSR count). The number of benzene rings is 2. The maximum atomic E-state index is 12.8. The number of nitrogens with one attached hydrogen (secondary N) is 1. The van der Waals surface area contributed by atoms with Crippen LogP contribution in [0.25, 0.3) is 0 Å². The molecule has 0 spiro atoms. The minimum Gasteiger partial charge on any atom is -0.336 e. The lowest BCUT2D eigenvalue weighted by Gasteiger charge is -2.23. The summed E-state index contributed by atoms with van der Waals surface area (Å²) in [6.45, 7) is 4.59. The summed E-state index contributed by atoms with van der Waals surface area (Å²) in [5.41, 5.74) is 3.08. The summed E-state index contributed by atoms with van der Waals surface area (Å²) in [6, 6.07) is 11.3. The Morgan fingerprint density at radius 1 is 1.31 bits per heavy atom. The van der Waals surface area contributed by atoms with E-state index in [1.807, 2.05) is 25.1 Å². The fourth-order valence-corrected chi connectivity index (χ4v) is 3.44. The Kier molecular flexibility index (Phi) is 6.49. The molecule has 1 atom stereocenters. The van der Waals surface area contributed by atoms with Gasteiger partial charge in [-0.15, -0.1) is 0 Å². The van der Waals surface area contributed by atoms with Crippen molar-refractivity contribution in [2.24, 2.45) is 5.10 Å². The average molecular weight is 415 g/mol. The molecule has 2 aromatic carbocycles. The number of hydrogen-bond acceptors (Lipinski definition) is 4. The molecule has 2 aromatic rings. The maximum absolute atomic E-state index is 12.8. The summed E-state index contributed by atoms with van der Waals surface area (Å²) in [4.78, 5) is 23.3. The van der Waals surface area contributed by atoms with Crippen LogP contribution in [-0.2, 0) is 6.42 Å². The molecule has 8 heteroatoms. The first kappa shape index (κ1) is 20.8. The van der Waals surface area contributed by atoms with Crippen molar-refractivity contribution in [1.82, 2.24) is 10.3 Å². The molecule has 0 saturated carbocycles. The standard InChI is InChI=1S/C21H23ClN4O3/c1-3-4-11-23-21(27)25-14(2)12-16-5-8-17(22)13-19(16)20(24-25)15-6-9-18(10-7-15)26(28)29/h5-10,13-14H,3-4,11-12H2,1-2H3,(H,23,27). The van der Waals surface area contributed by atoms with Crippen molar-refractivity contribution in [1.29, 1.82) is 0 Å². The first-order valence-electron chi connectivity index (χ1n) is 9.60. The predicted molar refractivity (Wildman–Crippen MR) is 113 cm³/mol. The van der Waals surface area contributed by atoms with Gasteiger partial charge in [-0.3, -0.25) is 10.1 Å². The number of hydrogen-bond donors (Lipinski definition) is 1. The summed E-state index contributed by atoms with van der Waals surface area (Å²) in [5, 5.41) is 20.6. The van der Waals surface area contributed by atoms with Crippen LogP contribution in [0.3, 0.4) is 0 Å². The van der Waals surface area contributed by atoms with E-state index in [2.05, 4.69) is 17.3 Å². The van der Waals surface area contributed by atoms with Crippen LogP contribution >= 0.6 is 11.6 Å². The van der Waals surface area contributed by atoms with E-state index in [1.54, 1.807) is 12.1 Å². The normalized spacial score (nSPS) is 15.9. The van der Waals surface area contributed by atoms with Crippen LogP contribution in [0.5, 0.6) is 0 Å². The second-order valence-corrected chi connectivity index (χ2v) is 7.47. The van der Waals surface area contributed by atoms with Gasteiger partial charge >= 0.3 is 6.03 Å². The molecule has 0 bridgehead atoms. The van der Waals surface area contributed by atoms with Gasteiger partial charge in [0, 0.05) is 34.8 Å². The highest BCUT2D eigenvalue weighted by atomic mass is 35.5. The van der Waals surface area contributed by atoms with Crippen LogP contribution in [0.1, 0.15) is 43.4 Å². The van der Waals surface area contributed by atoms with Crippen molar-refractivity contribution >= 4 is 29.0 Å². The van der Waals surface area contributed by atoms with Crippen molar-refractivity contribution in [3.05, 3.63) is 74.3 Å². The van der Waals surface area contributed by atoms with Gasteiger partial charge in [0.1, 0.15) is 0 Å². The van der Waals surface area contributed by atoms with Gasteiger partial charge in [0.25, 0.3) is 5.69 Å². The van der Waals surface area contributed by atoms with Gasteiger partial charge in [-0.25, -0.2) is 9.80 Å². The molecule has 0 fully saturated rings. The van der Waals surface area contributed by atoms with Crippen molar-refractivity contribution in [3.8, 4) is 0 Å². The van der Waals surface area contributed by atoms with E-state index in [4.69, 9.17) is 11.6 Å². The zero-order chi connectivity index (χ0) is 21.0. The van der Waals surface area contributed by atoms with Crippen LogP contribution in [-0.4, -0.2) is 34.3 Å². The maximum Gasteiger partial charge on any atom is 0.338 e. The number of nitro groups is 1. The molecule has 2 amide bonds. The van der Waals surface area contributed by atoms with Gasteiger partial charge in [-0.05, 0) is 49.6 Å². The summed E-state index contributed by atoms with van der Waals surface area (Å²) in [5.74, 6) is 0. The second kappa shape index (κ2) is 9.05. The Hall–Kier alpha value is -2.93. The zero-order valence-corrected chi connectivity index (χ0v) is 17.1. The highest BCUT2D eigenvalue weighted by Crippen LogP contribution is 2.27. The number of nitro benzene ring substituents is 1. The molecule has 1 unspecified atom stereocenters. The van der Waals surface area contributed by atoms with Gasteiger partial charge in [0.05, 0.1) is 16.7 Å². The number of carbonyl (C=O) groups is 1. The molecule has 1 aliphatic rings. The highest BCUT2D eigenvalue weighted by molar-refractivity contribution is 6.31. The molecule has 1 heterocycles. The minimum absolute atomic E-state index is 0.00294. The van der Waals surface area contributed by atoms with E-state index >= 15 is 0 Å². The Balaban J connectivity index is 2.05. The fraction of sp³-hybridized carbons (Fsp3) is 0.333. The first-order valence-corrected chi connectivity index (χ1v) is 9.97. The molecule has 7 nitrogen and oxygen atoms in total. The molecule has 1 aliphatic heterocycles. The number of halogens is 1. The fourth-order valence-electron chi connectivity index (χ4n) is 3.26. The lowest BCUT2D eigenvalue weighted by atomic mass is 9.94. The monoisotopic (exact) mass is 414 g/mol. The lowest BCUT2D eigenvalue weighted by molar-refractivity contribution is -0.384. The third-order valence-corrected chi connectivity index (χ3v) is 5.07. The van der Waals surface area contributed by atoms with Crippen LogP contribution in [0.4, 0.5) is 10.5 Å². The van der Waals surface area contributed by atoms with E-state index in [1.165, 1.54) is 17.1 Å². The number of hydrazone groups is 1. The average Bonchev–Trinajstić information content (AvgIpc) is 2.84. The summed E-state index contributed by atoms with van der Waals surface area (Å²) < 4.78 is 0. The van der Waals surface area contributed by atoms with Crippen LogP contribution in [0, 0.1) is 10.1 Å². The molecule has 1 N–H and O–H groups in total. The summed E-state index contributed by atoms with van der Waals surface area (Å²) in [6.07, 6.45) is 2.49. The molecule has 0 radical (unpaired) electrons. The van der Waals surface area contributed by atoms with Crippen molar-refractivity contribution in [3.63, 3.8) is 0 Å². The van der Waals surface area contributed by atoms with Crippen LogP contribution in [0.15, 0.2) is 47.6 Å². The van der Waals surface area contributed by atoms with E-state index in [0.717, 1.165) is 24.0 Å². The topological polar surface area (TPSA) is 87.8 Å². The number of unbranched alkanes of at least 4 members (excludes halogenated alkanes) is 1. The summed E-state index contributed by atoms with van der Waals surface area (Å²) >= 11 is 6.23. The molecular weight excluding hydrogens is 392 g/mol. The zero-order valence-electron chi connectivity index (χ0n) is 16.4. The predicted octanol–water partition coefficient (Wildman–Crippen LogP) is 4.76.